The average molecular weight is 112 g/mol. The van der Waals surface area contributed by atoms with Gasteiger partial charge in [-0.3, -0.25) is 0 Å². The Balaban J connectivity index is 3.49. The standard InChI is InChI=1S/C7H12O/c1-6(2)7(3)5-8-4/h1,3,5H2,2,4H3. The molecule has 0 aliphatic carbocycles. The fraction of sp³-hybridized carbons (Fsp3) is 0.429. The molecule has 1 nitrogen and oxygen atoms in total. The van der Waals surface area contributed by atoms with Crippen molar-refractivity contribution < 1.29 is 4.74 Å². The third-order valence-corrected chi connectivity index (χ3v) is 0.922. The van der Waals surface area contributed by atoms with E-state index in [-0.39, 0.29) is 0 Å². The zero-order chi connectivity index (χ0) is 6.57. The molecular weight excluding hydrogens is 100 g/mol. The highest BCUT2D eigenvalue weighted by Crippen LogP contribution is 2.01. The zero-order valence-electron chi connectivity index (χ0n) is 5.53. The van der Waals surface area contributed by atoms with Crippen molar-refractivity contribution in [3.8, 4) is 0 Å². The van der Waals surface area contributed by atoms with E-state index in [4.69, 9.17) is 4.74 Å². The molecule has 0 amide bonds. The molecule has 0 saturated heterocycles. The van der Waals surface area contributed by atoms with E-state index in [0.717, 1.165) is 11.1 Å². The third-order valence-electron chi connectivity index (χ3n) is 0.922. The fourth-order valence-electron chi connectivity index (χ4n) is 0.297. The van der Waals surface area contributed by atoms with E-state index >= 15 is 0 Å². The summed E-state index contributed by atoms with van der Waals surface area (Å²) in [5, 5.41) is 0. The maximum absolute atomic E-state index is 4.80. The normalized spacial score (nSPS) is 8.75. The van der Waals surface area contributed by atoms with Crippen LogP contribution in [0, 0.1) is 0 Å². The summed E-state index contributed by atoms with van der Waals surface area (Å²) in [4.78, 5) is 0. The molecule has 0 aromatic rings. The summed E-state index contributed by atoms with van der Waals surface area (Å²) in [6, 6.07) is 0. The van der Waals surface area contributed by atoms with Crippen LogP contribution in [0.15, 0.2) is 24.3 Å². The SMILES string of the molecule is C=C(C)C(=C)COC. The topological polar surface area (TPSA) is 9.23 Å². The van der Waals surface area contributed by atoms with Crippen LogP contribution in [-0.4, -0.2) is 13.7 Å². The Hall–Kier alpha value is -0.560. The van der Waals surface area contributed by atoms with E-state index in [0.29, 0.717) is 6.61 Å². The van der Waals surface area contributed by atoms with E-state index in [1.54, 1.807) is 7.11 Å². The summed E-state index contributed by atoms with van der Waals surface area (Å²) in [5.41, 5.74) is 1.96. The first-order valence-electron chi connectivity index (χ1n) is 2.51. The summed E-state index contributed by atoms with van der Waals surface area (Å²) in [5.74, 6) is 0. The molecule has 0 heterocycles. The molecule has 0 aliphatic rings. The van der Waals surface area contributed by atoms with Crippen LogP contribution < -0.4 is 0 Å². The predicted molar refractivity (Wildman–Crippen MR) is 35.8 cm³/mol. The monoisotopic (exact) mass is 112 g/mol. The summed E-state index contributed by atoms with van der Waals surface area (Å²) < 4.78 is 4.80. The predicted octanol–water partition coefficient (Wildman–Crippen LogP) is 1.77. The molecule has 1 heteroatoms. The van der Waals surface area contributed by atoms with Crippen LogP contribution in [0.5, 0.6) is 0 Å². The smallest absolute Gasteiger partial charge is 0.0709 e. The van der Waals surface area contributed by atoms with Crippen LogP contribution in [0.25, 0.3) is 0 Å². The van der Waals surface area contributed by atoms with Crippen molar-refractivity contribution in [3.05, 3.63) is 24.3 Å². The van der Waals surface area contributed by atoms with Crippen LogP contribution >= 0.6 is 0 Å². The van der Waals surface area contributed by atoms with Crippen LogP contribution in [0.3, 0.4) is 0 Å². The minimum Gasteiger partial charge on any atom is -0.380 e. The quantitative estimate of drug-likeness (QED) is 0.505. The minimum absolute atomic E-state index is 0.593. The first-order valence-corrected chi connectivity index (χ1v) is 2.51. The molecule has 0 aromatic carbocycles. The molecule has 0 N–H and O–H groups in total. The van der Waals surface area contributed by atoms with Gasteiger partial charge < -0.3 is 4.74 Å². The van der Waals surface area contributed by atoms with Crippen molar-refractivity contribution in [1.29, 1.82) is 0 Å². The van der Waals surface area contributed by atoms with E-state index in [2.05, 4.69) is 13.2 Å². The van der Waals surface area contributed by atoms with Crippen LogP contribution in [0.4, 0.5) is 0 Å². The highest BCUT2D eigenvalue weighted by atomic mass is 16.5. The van der Waals surface area contributed by atoms with Crippen LogP contribution in [0.1, 0.15) is 6.92 Å². The largest absolute Gasteiger partial charge is 0.380 e. The molecule has 0 radical (unpaired) electrons. The summed E-state index contributed by atoms with van der Waals surface area (Å²) >= 11 is 0. The van der Waals surface area contributed by atoms with Crippen molar-refractivity contribution in [3.63, 3.8) is 0 Å². The van der Waals surface area contributed by atoms with E-state index in [1.807, 2.05) is 6.92 Å². The van der Waals surface area contributed by atoms with Crippen molar-refractivity contribution in [2.24, 2.45) is 0 Å². The lowest BCUT2D eigenvalue weighted by molar-refractivity contribution is 0.227. The Kier molecular flexibility index (Phi) is 3.20. The molecule has 0 spiro atoms. The Morgan fingerprint density at radius 2 is 2.00 bits per heavy atom. The second-order valence-corrected chi connectivity index (χ2v) is 1.82. The van der Waals surface area contributed by atoms with Crippen LogP contribution in [-0.2, 0) is 4.74 Å². The lowest BCUT2D eigenvalue weighted by Gasteiger charge is -1.99. The highest BCUT2D eigenvalue weighted by Gasteiger charge is 1.89. The first kappa shape index (κ1) is 7.44. The second-order valence-electron chi connectivity index (χ2n) is 1.82. The van der Waals surface area contributed by atoms with Gasteiger partial charge in [0.1, 0.15) is 0 Å². The number of ether oxygens (including phenoxy) is 1. The molecule has 0 rings (SSSR count). The van der Waals surface area contributed by atoms with Crippen molar-refractivity contribution >= 4 is 0 Å². The third kappa shape index (κ3) is 2.59. The molecule has 0 saturated carbocycles. The van der Waals surface area contributed by atoms with Crippen molar-refractivity contribution in [2.45, 2.75) is 6.92 Å². The number of hydrogen-bond donors (Lipinski definition) is 0. The van der Waals surface area contributed by atoms with Gasteiger partial charge in [-0.25, -0.2) is 0 Å². The van der Waals surface area contributed by atoms with Gasteiger partial charge in [-0.2, -0.15) is 0 Å². The Labute approximate surface area is 50.7 Å². The van der Waals surface area contributed by atoms with E-state index in [1.165, 1.54) is 0 Å². The first-order chi connectivity index (χ1) is 3.68. The second kappa shape index (κ2) is 3.44. The van der Waals surface area contributed by atoms with Crippen LogP contribution in [0.2, 0.25) is 0 Å². The maximum atomic E-state index is 4.80. The molecular formula is C7H12O. The molecule has 0 aliphatic heterocycles. The average Bonchev–Trinajstić information content (AvgIpc) is 1.67. The molecule has 0 aromatic heterocycles. The van der Waals surface area contributed by atoms with E-state index < -0.39 is 0 Å². The van der Waals surface area contributed by atoms with Gasteiger partial charge >= 0.3 is 0 Å². The molecule has 0 atom stereocenters. The summed E-state index contributed by atoms with van der Waals surface area (Å²) in [7, 11) is 1.65. The fourth-order valence-corrected chi connectivity index (χ4v) is 0.297. The van der Waals surface area contributed by atoms with Gasteiger partial charge in [0.05, 0.1) is 6.61 Å². The van der Waals surface area contributed by atoms with Gasteiger partial charge in [0.15, 0.2) is 0 Å². The van der Waals surface area contributed by atoms with Gasteiger partial charge in [0, 0.05) is 7.11 Å². The Morgan fingerprint density at radius 3 is 2.12 bits per heavy atom. The molecule has 0 unspecified atom stereocenters. The lowest BCUT2D eigenvalue weighted by atomic mass is 10.2. The molecule has 0 fully saturated rings. The number of rotatable bonds is 3. The maximum Gasteiger partial charge on any atom is 0.0709 e. The minimum atomic E-state index is 0.593. The van der Waals surface area contributed by atoms with Gasteiger partial charge in [0.2, 0.25) is 0 Å². The van der Waals surface area contributed by atoms with Crippen molar-refractivity contribution in [1.82, 2.24) is 0 Å². The lowest BCUT2D eigenvalue weighted by Crippen LogP contribution is -1.91. The van der Waals surface area contributed by atoms with Gasteiger partial charge in [-0.05, 0) is 12.5 Å². The summed E-state index contributed by atoms with van der Waals surface area (Å²) in [6.07, 6.45) is 0. The molecule has 8 heavy (non-hydrogen) atoms. The van der Waals surface area contributed by atoms with Gasteiger partial charge in [-0.15, -0.1) is 0 Å². The van der Waals surface area contributed by atoms with Gasteiger partial charge in [0.25, 0.3) is 0 Å². The number of methoxy groups -OCH3 is 1. The zero-order valence-corrected chi connectivity index (χ0v) is 5.53. The Bertz CT molecular complexity index is 103. The molecule has 0 bridgehead atoms. The van der Waals surface area contributed by atoms with E-state index in [9.17, 15) is 0 Å². The Morgan fingerprint density at radius 1 is 1.50 bits per heavy atom. The molecule has 46 valence electrons. The highest BCUT2D eigenvalue weighted by molar-refractivity contribution is 5.22. The summed E-state index contributed by atoms with van der Waals surface area (Å²) in [6.45, 7) is 9.92. The van der Waals surface area contributed by atoms with Gasteiger partial charge in [-0.1, -0.05) is 18.7 Å². The van der Waals surface area contributed by atoms with Crippen molar-refractivity contribution in [2.75, 3.05) is 13.7 Å². The number of hydrogen-bond acceptors (Lipinski definition) is 1.